The van der Waals surface area contributed by atoms with E-state index in [0.717, 1.165) is 35.7 Å². The van der Waals surface area contributed by atoms with Crippen molar-refractivity contribution < 1.29 is 9.13 Å². The number of rotatable bonds is 4. The summed E-state index contributed by atoms with van der Waals surface area (Å²) >= 11 is 0. The summed E-state index contributed by atoms with van der Waals surface area (Å²) in [4.78, 5) is 7.21. The van der Waals surface area contributed by atoms with Crippen LogP contribution in [0.15, 0.2) is 54.6 Å². The number of nitrogens with zero attached hydrogens (tertiary/aromatic N) is 2. The van der Waals surface area contributed by atoms with Gasteiger partial charge in [-0.25, -0.2) is 9.37 Å². The molecule has 134 valence electrons. The lowest BCUT2D eigenvalue weighted by Gasteiger charge is -2.31. The zero-order valence-electron chi connectivity index (χ0n) is 15.0. The molecule has 1 aliphatic heterocycles. The molecule has 0 saturated carbocycles. The highest BCUT2D eigenvalue weighted by molar-refractivity contribution is 5.86. The molecular formula is C22H23FN2O. The Balaban J connectivity index is 1.60. The topological polar surface area (TPSA) is 25.4 Å². The molecule has 26 heavy (non-hydrogen) atoms. The fourth-order valence-electron chi connectivity index (χ4n) is 3.41. The molecule has 0 amide bonds. The molecule has 0 spiro atoms. The molecular weight excluding hydrogens is 327 g/mol. The second kappa shape index (κ2) is 7.32. The van der Waals surface area contributed by atoms with Gasteiger partial charge in [0.2, 0.25) is 0 Å². The molecule has 0 aliphatic carbocycles. The average molecular weight is 350 g/mol. The Bertz CT molecular complexity index is 904. The van der Waals surface area contributed by atoms with Crippen molar-refractivity contribution in [2.45, 2.75) is 26.4 Å². The molecule has 0 radical (unpaired) electrons. The first kappa shape index (κ1) is 16.8. The molecule has 1 saturated heterocycles. The van der Waals surface area contributed by atoms with E-state index in [1.165, 1.54) is 18.9 Å². The second-order valence-electron chi connectivity index (χ2n) is 7.05. The van der Waals surface area contributed by atoms with E-state index in [9.17, 15) is 4.39 Å². The Hall–Kier alpha value is -2.62. The molecule has 2 aromatic carbocycles. The van der Waals surface area contributed by atoms with Crippen molar-refractivity contribution in [3.63, 3.8) is 0 Å². The lowest BCUT2D eigenvalue weighted by molar-refractivity contribution is 0.303. The minimum absolute atomic E-state index is 0.193. The summed E-state index contributed by atoms with van der Waals surface area (Å²) in [6.45, 7) is 4.58. The van der Waals surface area contributed by atoms with Crippen LogP contribution in [0, 0.1) is 11.7 Å². The van der Waals surface area contributed by atoms with Gasteiger partial charge in [0.15, 0.2) is 0 Å². The lowest BCUT2D eigenvalue weighted by Crippen LogP contribution is -2.33. The van der Waals surface area contributed by atoms with Gasteiger partial charge in [0, 0.05) is 24.0 Å². The van der Waals surface area contributed by atoms with E-state index < -0.39 is 0 Å². The fraction of sp³-hybridized carbons (Fsp3) is 0.318. The molecule has 1 fully saturated rings. The zero-order chi connectivity index (χ0) is 17.9. The van der Waals surface area contributed by atoms with E-state index >= 15 is 0 Å². The predicted octanol–water partition coefficient (Wildman–Crippen LogP) is 5.19. The number of hydrogen-bond donors (Lipinski definition) is 0. The van der Waals surface area contributed by atoms with Gasteiger partial charge in [-0.3, -0.25) is 0 Å². The monoisotopic (exact) mass is 350 g/mol. The van der Waals surface area contributed by atoms with Crippen LogP contribution in [0.4, 0.5) is 10.2 Å². The molecule has 0 atom stereocenters. The van der Waals surface area contributed by atoms with Crippen molar-refractivity contribution in [1.29, 1.82) is 0 Å². The van der Waals surface area contributed by atoms with Gasteiger partial charge >= 0.3 is 0 Å². The summed E-state index contributed by atoms with van der Waals surface area (Å²) in [6.07, 6.45) is 2.40. The number of fused-ring (bicyclic) bond motifs is 1. The maximum absolute atomic E-state index is 13.8. The molecule has 4 rings (SSSR count). The largest absolute Gasteiger partial charge is 0.487 e. The number of para-hydroxylation sites is 1. The number of pyridine rings is 1. The van der Waals surface area contributed by atoms with Crippen molar-refractivity contribution in [1.82, 2.24) is 4.98 Å². The Morgan fingerprint density at radius 1 is 1.04 bits per heavy atom. The van der Waals surface area contributed by atoms with E-state index in [1.54, 1.807) is 12.1 Å². The molecule has 0 bridgehead atoms. The Labute approximate surface area is 153 Å². The van der Waals surface area contributed by atoms with E-state index in [4.69, 9.17) is 9.72 Å². The highest BCUT2D eigenvalue weighted by atomic mass is 19.1. The smallest absolute Gasteiger partial charge is 0.146 e. The van der Waals surface area contributed by atoms with Crippen molar-refractivity contribution in [3.05, 3.63) is 66.0 Å². The third-order valence-electron chi connectivity index (χ3n) is 5.12. The molecule has 1 aliphatic rings. The Morgan fingerprint density at radius 3 is 2.65 bits per heavy atom. The van der Waals surface area contributed by atoms with Crippen molar-refractivity contribution in [2.75, 3.05) is 18.0 Å². The van der Waals surface area contributed by atoms with E-state index in [2.05, 4.69) is 24.0 Å². The highest BCUT2D eigenvalue weighted by Crippen LogP contribution is 2.29. The van der Waals surface area contributed by atoms with Gasteiger partial charge in [-0.15, -0.1) is 0 Å². The number of aromatic nitrogens is 1. The third-order valence-corrected chi connectivity index (χ3v) is 5.12. The summed E-state index contributed by atoms with van der Waals surface area (Å²) in [7, 11) is 0. The highest BCUT2D eigenvalue weighted by Gasteiger charge is 2.17. The van der Waals surface area contributed by atoms with Gasteiger partial charge in [0.05, 0.1) is 0 Å². The van der Waals surface area contributed by atoms with Gasteiger partial charge in [-0.1, -0.05) is 37.3 Å². The second-order valence-corrected chi connectivity index (χ2v) is 7.05. The number of ether oxygens (including phenoxy) is 1. The number of piperidine rings is 1. The summed E-state index contributed by atoms with van der Waals surface area (Å²) in [5.74, 6) is 2.22. The SMILES string of the molecule is CC1CCN(c2ccc3cccc(OCc4ccccc4F)c3n2)CC1. The third kappa shape index (κ3) is 3.50. The van der Waals surface area contributed by atoms with E-state index in [-0.39, 0.29) is 12.4 Å². The average Bonchev–Trinajstić information content (AvgIpc) is 2.67. The van der Waals surface area contributed by atoms with Crippen LogP contribution in [0.3, 0.4) is 0 Å². The lowest BCUT2D eigenvalue weighted by atomic mass is 9.99. The standard InChI is InChI=1S/C22H23FN2O/c1-16-11-13-25(14-12-16)21-10-9-17-6-4-8-20(22(17)24-21)26-15-18-5-2-3-7-19(18)23/h2-10,16H,11-15H2,1H3. The van der Waals surface area contributed by atoms with Crippen molar-refractivity contribution >= 4 is 16.7 Å². The maximum atomic E-state index is 13.8. The number of halogens is 1. The van der Waals surface area contributed by atoms with Crippen molar-refractivity contribution in [2.24, 2.45) is 5.92 Å². The maximum Gasteiger partial charge on any atom is 0.146 e. The van der Waals surface area contributed by atoms with Crippen molar-refractivity contribution in [3.8, 4) is 5.75 Å². The molecule has 0 unspecified atom stereocenters. The number of hydrogen-bond acceptors (Lipinski definition) is 3. The van der Waals surface area contributed by atoms with Crippen LogP contribution in [-0.2, 0) is 6.61 Å². The van der Waals surface area contributed by atoms with Crippen LogP contribution in [0.5, 0.6) is 5.75 Å². The fourth-order valence-corrected chi connectivity index (χ4v) is 3.41. The first-order chi connectivity index (χ1) is 12.7. The zero-order valence-corrected chi connectivity index (χ0v) is 15.0. The molecule has 1 aromatic heterocycles. The summed E-state index contributed by atoms with van der Waals surface area (Å²) in [5, 5.41) is 1.03. The Kier molecular flexibility index (Phi) is 4.74. The van der Waals surface area contributed by atoms with Crippen LogP contribution < -0.4 is 9.64 Å². The van der Waals surface area contributed by atoms with E-state index in [1.807, 2.05) is 24.3 Å². The summed E-state index contributed by atoms with van der Waals surface area (Å²) < 4.78 is 19.8. The minimum Gasteiger partial charge on any atom is -0.487 e. The summed E-state index contributed by atoms with van der Waals surface area (Å²) in [5.41, 5.74) is 1.38. The van der Waals surface area contributed by atoms with Crippen LogP contribution in [0.2, 0.25) is 0 Å². The molecule has 3 nitrogen and oxygen atoms in total. The van der Waals surface area contributed by atoms with Crippen LogP contribution in [0.1, 0.15) is 25.3 Å². The molecule has 0 N–H and O–H groups in total. The van der Waals surface area contributed by atoms with Crippen LogP contribution in [0.25, 0.3) is 10.9 Å². The molecule has 4 heteroatoms. The van der Waals surface area contributed by atoms with E-state index in [0.29, 0.717) is 11.3 Å². The number of anilines is 1. The quantitative estimate of drug-likeness (QED) is 0.647. The minimum atomic E-state index is -0.246. The van der Waals surface area contributed by atoms with Gasteiger partial charge in [-0.2, -0.15) is 0 Å². The normalized spacial score (nSPS) is 15.4. The molecule has 2 heterocycles. The Morgan fingerprint density at radius 2 is 1.85 bits per heavy atom. The first-order valence-corrected chi connectivity index (χ1v) is 9.21. The van der Waals surface area contributed by atoms with Gasteiger partial charge in [-0.05, 0) is 43.0 Å². The van der Waals surface area contributed by atoms with Crippen LogP contribution >= 0.6 is 0 Å². The number of benzene rings is 2. The van der Waals surface area contributed by atoms with Gasteiger partial charge in [0.1, 0.15) is 29.5 Å². The van der Waals surface area contributed by atoms with Gasteiger partial charge < -0.3 is 9.64 Å². The predicted molar refractivity (Wildman–Crippen MR) is 103 cm³/mol. The van der Waals surface area contributed by atoms with Gasteiger partial charge in [0.25, 0.3) is 0 Å². The summed E-state index contributed by atoms with van der Waals surface area (Å²) in [6, 6.07) is 16.7. The van der Waals surface area contributed by atoms with Crippen LogP contribution in [-0.4, -0.2) is 18.1 Å². The first-order valence-electron chi connectivity index (χ1n) is 9.21. The molecule has 3 aromatic rings.